The third-order valence-electron chi connectivity index (χ3n) is 3.54. The summed E-state index contributed by atoms with van der Waals surface area (Å²) in [6.45, 7) is 1.58. The summed E-state index contributed by atoms with van der Waals surface area (Å²) in [5.74, 6) is -0.783. The van der Waals surface area contributed by atoms with Crippen molar-refractivity contribution in [2.45, 2.75) is 31.7 Å². The summed E-state index contributed by atoms with van der Waals surface area (Å²) < 4.78 is 5.15. The van der Waals surface area contributed by atoms with Gasteiger partial charge in [-0.25, -0.2) is 0 Å². The molecule has 0 aromatic heterocycles. The number of carboxylic acid groups (broad SMARTS) is 1. The fraction of sp³-hybridized carbons (Fsp3) is 0.467. The highest BCUT2D eigenvalue weighted by atomic mass is 16.5. The van der Waals surface area contributed by atoms with Crippen molar-refractivity contribution in [2.24, 2.45) is 0 Å². The Hall–Kier alpha value is -2.04. The van der Waals surface area contributed by atoms with E-state index in [1.165, 1.54) is 4.90 Å². The Morgan fingerprint density at radius 1 is 1.45 bits per heavy atom. The number of amides is 1. The highest BCUT2D eigenvalue weighted by molar-refractivity contribution is 5.87. The number of carbonyl (C=O) groups is 2. The maximum atomic E-state index is 12.5. The minimum Gasteiger partial charge on any atom is -0.497 e. The third kappa shape index (κ3) is 3.29. The SMILES string of the molecule is COc1cccc(C(C)C(=O)N(CC(=O)O)C2CC2)c1. The van der Waals surface area contributed by atoms with Crippen LogP contribution in [0.4, 0.5) is 0 Å². The first-order valence-corrected chi connectivity index (χ1v) is 6.69. The summed E-state index contributed by atoms with van der Waals surface area (Å²) in [5, 5.41) is 8.93. The van der Waals surface area contributed by atoms with Crippen molar-refractivity contribution in [3.05, 3.63) is 29.8 Å². The largest absolute Gasteiger partial charge is 0.497 e. The van der Waals surface area contributed by atoms with Crippen LogP contribution in [0.5, 0.6) is 5.75 Å². The molecule has 1 aliphatic rings. The lowest BCUT2D eigenvalue weighted by molar-refractivity contribution is -0.145. The van der Waals surface area contributed by atoms with E-state index >= 15 is 0 Å². The minimum atomic E-state index is -0.969. The molecule has 20 heavy (non-hydrogen) atoms. The maximum Gasteiger partial charge on any atom is 0.323 e. The van der Waals surface area contributed by atoms with Crippen LogP contribution in [-0.4, -0.2) is 41.6 Å². The summed E-state index contributed by atoms with van der Waals surface area (Å²) >= 11 is 0. The number of aliphatic carboxylic acids is 1. The van der Waals surface area contributed by atoms with Gasteiger partial charge in [0.05, 0.1) is 13.0 Å². The summed E-state index contributed by atoms with van der Waals surface area (Å²) in [6.07, 6.45) is 1.79. The molecule has 1 N–H and O–H groups in total. The van der Waals surface area contributed by atoms with Crippen molar-refractivity contribution < 1.29 is 19.4 Å². The molecule has 5 nitrogen and oxygen atoms in total. The van der Waals surface area contributed by atoms with Crippen LogP contribution in [0.15, 0.2) is 24.3 Å². The molecule has 0 bridgehead atoms. The lowest BCUT2D eigenvalue weighted by atomic mass is 9.99. The lowest BCUT2D eigenvalue weighted by Crippen LogP contribution is -2.39. The molecule has 1 aromatic carbocycles. The molecule has 1 saturated carbocycles. The standard InChI is InChI=1S/C15H19NO4/c1-10(11-4-3-5-13(8-11)20-2)15(19)16(9-14(17)18)12-6-7-12/h3-5,8,10,12H,6-7,9H2,1-2H3,(H,17,18). The second-order valence-electron chi connectivity index (χ2n) is 5.09. The van der Waals surface area contributed by atoms with Gasteiger partial charge in [0.15, 0.2) is 0 Å². The molecule has 0 heterocycles. The number of carbonyl (C=O) groups excluding carboxylic acids is 1. The first kappa shape index (κ1) is 14.4. The van der Waals surface area contributed by atoms with Crippen LogP contribution in [0.3, 0.4) is 0 Å². The van der Waals surface area contributed by atoms with Gasteiger partial charge in [-0.3, -0.25) is 9.59 Å². The Morgan fingerprint density at radius 2 is 2.15 bits per heavy atom. The van der Waals surface area contributed by atoms with Crippen LogP contribution in [0, 0.1) is 0 Å². The smallest absolute Gasteiger partial charge is 0.323 e. The molecule has 1 fully saturated rings. The Balaban J connectivity index is 2.15. The van der Waals surface area contributed by atoms with Crippen molar-refractivity contribution in [1.29, 1.82) is 0 Å². The van der Waals surface area contributed by atoms with Gasteiger partial charge in [0.2, 0.25) is 5.91 Å². The topological polar surface area (TPSA) is 66.8 Å². The van der Waals surface area contributed by atoms with Crippen molar-refractivity contribution >= 4 is 11.9 Å². The molecule has 1 amide bonds. The highest BCUT2D eigenvalue weighted by Gasteiger charge is 2.36. The first-order chi connectivity index (χ1) is 9.52. The maximum absolute atomic E-state index is 12.5. The van der Waals surface area contributed by atoms with E-state index in [4.69, 9.17) is 9.84 Å². The fourth-order valence-corrected chi connectivity index (χ4v) is 2.22. The van der Waals surface area contributed by atoms with Crippen molar-refractivity contribution in [1.82, 2.24) is 4.90 Å². The minimum absolute atomic E-state index is 0.0895. The summed E-state index contributed by atoms with van der Waals surface area (Å²) in [7, 11) is 1.58. The molecule has 0 radical (unpaired) electrons. The van der Waals surface area contributed by atoms with E-state index in [2.05, 4.69) is 0 Å². The second kappa shape index (κ2) is 5.94. The molecule has 1 aliphatic carbocycles. The van der Waals surface area contributed by atoms with E-state index in [1.807, 2.05) is 24.3 Å². The summed E-state index contributed by atoms with van der Waals surface area (Å²) in [6, 6.07) is 7.41. The van der Waals surface area contributed by atoms with Gasteiger partial charge in [-0.2, -0.15) is 0 Å². The zero-order valence-electron chi connectivity index (χ0n) is 11.7. The van der Waals surface area contributed by atoms with E-state index in [-0.39, 0.29) is 24.4 Å². The monoisotopic (exact) mass is 277 g/mol. The molecule has 0 saturated heterocycles. The summed E-state index contributed by atoms with van der Waals surface area (Å²) in [4.78, 5) is 24.9. The Bertz CT molecular complexity index is 510. The zero-order chi connectivity index (χ0) is 14.7. The normalized spacial score (nSPS) is 15.5. The molecule has 0 aliphatic heterocycles. The van der Waals surface area contributed by atoms with Crippen molar-refractivity contribution in [3.63, 3.8) is 0 Å². The highest BCUT2D eigenvalue weighted by Crippen LogP contribution is 2.30. The molecule has 1 atom stereocenters. The number of ether oxygens (including phenoxy) is 1. The molecule has 0 spiro atoms. The van der Waals surface area contributed by atoms with Crippen molar-refractivity contribution in [2.75, 3.05) is 13.7 Å². The van der Waals surface area contributed by atoms with Gasteiger partial charge >= 0.3 is 5.97 Å². The lowest BCUT2D eigenvalue weighted by Gasteiger charge is -2.24. The van der Waals surface area contributed by atoms with Crippen LogP contribution in [0.2, 0.25) is 0 Å². The average Bonchev–Trinajstić information content (AvgIpc) is 3.27. The molecule has 5 heteroatoms. The number of nitrogens with zero attached hydrogens (tertiary/aromatic N) is 1. The second-order valence-corrected chi connectivity index (χ2v) is 5.09. The third-order valence-corrected chi connectivity index (χ3v) is 3.54. The van der Waals surface area contributed by atoms with E-state index in [1.54, 1.807) is 14.0 Å². The van der Waals surface area contributed by atoms with Gasteiger partial charge in [-0.15, -0.1) is 0 Å². The Morgan fingerprint density at radius 3 is 2.70 bits per heavy atom. The van der Waals surface area contributed by atoms with Gasteiger partial charge in [0.1, 0.15) is 12.3 Å². The van der Waals surface area contributed by atoms with Gasteiger partial charge in [-0.1, -0.05) is 12.1 Å². The first-order valence-electron chi connectivity index (χ1n) is 6.69. The van der Waals surface area contributed by atoms with E-state index < -0.39 is 5.97 Å². The fourth-order valence-electron chi connectivity index (χ4n) is 2.22. The molecule has 2 rings (SSSR count). The number of hydrogen-bond acceptors (Lipinski definition) is 3. The van der Waals surface area contributed by atoms with E-state index in [9.17, 15) is 9.59 Å². The van der Waals surface area contributed by atoms with Crippen LogP contribution >= 0.6 is 0 Å². The molecular weight excluding hydrogens is 258 g/mol. The number of carboxylic acids is 1. The average molecular weight is 277 g/mol. The van der Waals surface area contributed by atoms with Crippen LogP contribution in [0.1, 0.15) is 31.2 Å². The molecule has 1 aromatic rings. The van der Waals surface area contributed by atoms with Crippen molar-refractivity contribution in [3.8, 4) is 5.75 Å². The van der Waals surface area contributed by atoms with Crippen LogP contribution in [0.25, 0.3) is 0 Å². The van der Waals surface area contributed by atoms with Gasteiger partial charge < -0.3 is 14.7 Å². The molecule has 108 valence electrons. The number of benzene rings is 1. The molecular formula is C15H19NO4. The number of hydrogen-bond donors (Lipinski definition) is 1. The molecule has 1 unspecified atom stereocenters. The van der Waals surface area contributed by atoms with Gasteiger partial charge in [0.25, 0.3) is 0 Å². The zero-order valence-corrected chi connectivity index (χ0v) is 11.7. The van der Waals surface area contributed by atoms with Gasteiger partial charge in [0, 0.05) is 6.04 Å². The quantitative estimate of drug-likeness (QED) is 0.862. The predicted octanol–water partition coefficient (Wildman–Crippen LogP) is 1.87. The van der Waals surface area contributed by atoms with Gasteiger partial charge in [-0.05, 0) is 37.5 Å². The predicted molar refractivity (Wildman–Crippen MR) is 73.8 cm³/mol. The number of rotatable bonds is 6. The Labute approximate surface area is 118 Å². The summed E-state index contributed by atoms with van der Waals surface area (Å²) in [5.41, 5.74) is 0.838. The van der Waals surface area contributed by atoms with E-state index in [0.29, 0.717) is 5.75 Å². The van der Waals surface area contributed by atoms with Crippen LogP contribution in [-0.2, 0) is 9.59 Å². The van der Waals surface area contributed by atoms with Crippen LogP contribution < -0.4 is 4.74 Å². The Kier molecular flexibility index (Phi) is 4.27. The number of methoxy groups -OCH3 is 1. The van der Waals surface area contributed by atoms with E-state index in [0.717, 1.165) is 18.4 Å².